The van der Waals surface area contributed by atoms with Crippen LogP contribution in [-0.4, -0.2) is 31.1 Å². The SMILES string of the molecule is CCC(CN)S(=O)(=O)N(CC)Cc1ccccc1. The summed E-state index contributed by atoms with van der Waals surface area (Å²) in [6.45, 7) is 4.75. The summed E-state index contributed by atoms with van der Waals surface area (Å²) in [5, 5.41) is -0.485. The summed E-state index contributed by atoms with van der Waals surface area (Å²) in [6.07, 6.45) is 0.546. The van der Waals surface area contributed by atoms with Crippen LogP contribution >= 0.6 is 0 Å². The number of nitrogens with two attached hydrogens (primary N) is 1. The average molecular weight is 270 g/mol. The number of hydrogen-bond donors (Lipinski definition) is 1. The van der Waals surface area contributed by atoms with E-state index in [1.807, 2.05) is 44.2 Å². The molecule has 1 aromatic carbocycles. The Morgan fingerprint density at radius 2 is 1.83 bits per heavy atom. The fraction of sp³-hybridized carbons (Fsp3) is 0.538. The molecule has 1 rings (SSSR count). The maximum Gasteiger partial charge on any atom is 0.218 e. The van der Waals surface area contributed by atoms with Gasteiger partial charge in [-0.25, -0.2) is 8.42 Å². The molecule has 0 spiro atoms. The summed E-state index contributed by atoms with van der Waals surface area (Å²) in [5.74, 6) is 0. The molecule has 0 fully saturated rings. The van der Waals surface area contributed by atoms with Crippen LogP contribution in [0, 0.1) is 0 Å². The van der Waals surface area contributed by atoms with Gasteiger partial charge in [-0.2, -0.15) is 4.31 Å². The smallest absolute Gasteiger partial charge is 0.218 e. The van der Waals surface area contributed by atoms with Crippen molar-refractivity contribution in [3.8, 4) is 0 Å². The van der Waals surface area contributed by atoms with Crippen molar-refractivity contribution in [2.45, 2.75) is 32.1 Å². The Morgan fingerprint density at radius 3 is 2.28 bits per heavy atom. The summed E-state index contributed by atoms with van der Waals surface area (Å²) in [4.78, 5) is 0. The highest BCUT2D eigenvalue weighted by atomic mass is 32.2. The standard InChI is InChI=1S/C13H22N2O2S/c1-3-13(10-14)18(16,17)15(4-2)11-12-8-6-5-7-9-12/h5-9,13H,3-4,10-11,14H2,1-2H3. The van der Waals surface area contributed by atoms with Crippen molar-refractivity contribution in [2.24, 2.45) is 5.73 Å². The van der Waals surface area contributed by atoms with Crippen LogP contribution in [0.5, 0.6) is 0 Å². The van der Waals surface area contributed by atoms with Gasteiger partial charge in [-0.1, -0.05) is 44.2 Å². The van der Waals surface area contributed by atoms with Crippen molar-refractivity contribution < 1.29 is 8.42 Å². The van der Waals surface area contributed by atoms with E-state index in [4.69, 9.17) is 5.73 Å². The van der Waals surface area contributed by atoms with Crippen LogP contribution in [0.4, 0.5) is 0 Å². The van der Waals surface area contributed by atoms with Gasteiger partial charge in [-0.3, -0.25) is 0 Å². The largest absolute Gasteiger partial charge is 0.329 e. The van der Waals surface area contributed by atoms with E-state index in [9.17, 15) is 8.42 Å². The Morgan fingerprint density at radius 1 is 1.22 bits per heavy atom. The van der Waals surface area contributed by atoms with Crippen LogP contribution < -0.4 is 5.73 Å². The molecular formula is C13H22N2O2S. The minimum atomic E-state index is -3.30. The van der Waals surface area contributed by atoms with Gasteiger partial charge in [0.2, 0.25) is 10.0 Å². The molecule has 0 aliphatic rings. The second-order valence-corrected chi connectivity index (χ2v) is 6.44. The van der Waals surface area contributed by atoms with Crippen molar-refractivity contribution in [2.75, 3.05) is 13.1 Å². The summed E-state index contributed by atoms with van der Waals surface area (Å²) in [6, 6.07) is 9.61. The van der Waals surface area contributed by atoms with Gasteiger partial charge in [0.05, 0.1) is 5.25 Å². The fourth-order valence-corrected chi connectivity index (χ4v) is 3.65. The molecule has 0 bridgehead atoms. The summed E-state index contributed by atoms with van der Waals surface area (Å²) in [5.41, 5.74) is 6.54. The first-order valence-electron chi connectivity index (χ1n) is 6.29. The summed E-state index contributed by atoms with van der Waals surface area (Å²) in [7, 11) is -3.30. The molecule has 0 saturated heterocycles. The third kappa shape index (κ3) is 3.54. The zero-order chi connectivity index (χ0) is 13.6. The molecule has 0 aliphatic carbocycles. The highest BCUT2D eigenvalue weighted by Crippen LogP contribution is 2.15. The molecule has 2 N–H and O–H groups in total. The van der Waals surface area contributed by atoms with Crippen molar-refractivity contribution in [1.29, 1.82) is 0 Å². The molecule has 4 nitrogen and oxygen atoms in total. The summed E-state index contributed by atoms with van der Waals surface area (Å²) >= 11 is 0. The molecule has 5 heteroatoms. The van der Waals surface area contributed by atoms with Crippen LogP contribution in [0.3, 0.4) is 0 Å². The minimum Gasteiger partial charge on any atom is -0.329 e. The summed E-state index contributed by atoms with van der Waals surface area (Å²) < 4.78 is 26.3. The number of rotatable bonds is 7. The lowest BCUT2D eigenvalue weighted by atomic mass is 10.2. The van der Waals surface area contributed by atoms with E-state index in [1.165, 1.54) is 4.31 Å². The second kappa shape index (κ2) is 6.87. The molecule has 0 saturated carbocycles. The van der Waals surface area contributed by atoms with E-state index in [0.29, 0.717) is 19.5 Å². The predicted octanol–water partition coefficient (Wildman–Crippen LogP) is 1.58. The van der Waals surface area contributed by atoms with Crippen molar-refractivity contribution >= 4 is 10.0 Å². The van der Waals surface area contributed by atoms with Gasteiger partial charge in [0.25, 0.3) is 0 Å². The Hall–Kier alpha value is -0.910. The van der Waals surface area contributed by atoms with Crippen LogP contribution in [0.25, 0.3) is 0 Å². The second-order valence-electron chi connectivity index (χ2n) is 4.22. The van der Waals surface area contributed by atoms with Crippen LogP contribution in [-0.2, 0) is 16.6 Å². The Bertz CT molecular complexity index is 441. The van der Waals surface area contributed by atoms with Crippen LogP contribution in [0.2, 0.25) is 0 Å². The first kappa shape index (κ1) is 15.1. The molecule has 0 amide bonds. The van der Waals surface area contributed by atoms with Gasteiger partial charge in [-0.15, -0.1) is 0 Å². The lowest BCUT2D eigenvalue weighted by Gasteiger charge is -2.25. The minimum absolute atomic E-state index is 0.171. The van der Waals surface area contributed by atoms with E-state index in [0.717, 1.165) is 5.56 Å². The topological polar surface area (TPSA) is 63.4 Å². The van der Waals surface area contributed by atoms with Crippen molar-refractivity contribution in [3.63, 3.8) is 0 Å². The van der Waals surface area contributed by atoms with Crippen molar-refractivity contribution in [3.05, 3.63) is 35.9 Å². The number of hydrogen-bond acceptors (Lipinski definition) is 3. The molecule has 1 aromatic rings. The van der Waals surface area contributed by atoms with E-state index < -0.39 is 15.3 Å². The van der Waals surface area contributed by atoms with Gasteiger partial charge in [-0.05, 0) is 12.0 Å². The highest BCUT2D eigenvalue weighted by Gasteiger charge is 2.28. The Labute approximate surface area is 110 Å². The maximum absolute atomic E-state index is 12.4. The Kier molecular flexibility index (Phi) is 5.78. The molecule has 18 heavy (non-hydrogen) atoms. The number of nitrogens with zero attached hydrogens (tertiary/aromatic N) is 1. The van der Waals surface area contributed by atoms with E-state index in [1.54, 1.807) is 0 Å². The van der Waals surface area contributed by atoms with Gasteiger partial charge >= 0.3 is 0 Å². The molecule has 0 heterocycles. The molecule has 102 valence electrons. The third-order valence-corrected chi connectivity index (χ3v) is 5.53. The zero-order valence-corrected chi connectivity index (χ0v) is 11.9. The number of sulfonamides is 1. The lowest BCUT2D eigenvalue weighted by molar-refractivity contribution is 0.413. The van der Waals surface area contributed by atoms with Crippen LogP contribution in [0.15, 0.2) is 30.3 Å². The van der Waals surface area contributed by atoms with E-state index >= 15 is 0 Å². The van der Waals surface area contributed by atoms with E-state index in [-0.39, 0.29) is 6.54 Å². The normalized spacial score (nSPS) is 13.8. The molecule has 1 unspecified atom stereocenters. The first-order chi connectivity index (χ1) is 8.56. The highest BCUT2D eigenvalue weighted by molar-refractivity contribution is 7.89. The monoisotopic (exact) mass is 270 g/mol. The molecule has 0 aliphatic heterocycles. The number of benzene rings is 1. The first-order valence-corrected chi connectivity index (χ1v) is 7.79. The third-order valence-electron chi connectivity index (χ3n) is 3.05. The quantitative estimate of drug-likeness (QED) is 0.818. The fourth-order valence-electron chi connectivity index (χ4n) is 1.88. The van der Waals surface area contributed by atoms with Crippen LogP contribution in [0.1, 0.15) is 25.8 Å². The van der Waals surface area contributed by atoms with E-state index in [2.05, 4.69) is 0 Å². The van der Waals surface area contributed by atoms with Gasteiger partial charge in [0, 0.05) is 19.6 Å². The van der Waals surface area contributed by atoms with Crippen molar-refractivity contribution in [1.82, 2.24) is 4.31 Å². The molecule has 1 atom stereocenters. The molecule has 0 aromatic heterocycles. The average Bonchev–Trinajstić information content (AvgIpc) is 2.38. The molecule has 0 radical (unpaired) electrons. The van der Waals surface area contributed by atoms with Gasteiger partial charge in [0.15, 0.2) is 0 Å². The van der Waals surface area contributed by atoms with Gasteiger partial charge in [0.1, 0.15) is 0 Å². The maximum atomic E-state index is 12.4. The lowest BCUT2D eigenvalue weighted by Crippen LogP contribution is -2.41. The molecular weight excluding hydrogens is 248 g/mol. The van der Waals surface area contributed by atoms with Gasteiger partial charge < -0.3 is 5.73 Å². The predicted molar refractivity (Wildman–Crippen MR) is 74.6 cm³/mol. The Balaban J connectivity index is 2.90. The zero-order valence-electron chi connectivity index (χ0n) is 11.0.